The lowest BCUT2D eigenvalue weighted by Crippen LogP contribution is -2.21. The quantitative estimate of drug-likeness (QED) is 0.930. The van der Waals surface area contributed by atoms with Gasteiger partial charge in [0, 0.05) is 10.2 Å². The predicted molar refractivity (Wildman–Crippen MR) is 74.4 cm³/mol. The molecule has 1 amide bonds. The summed E-state index contributed by atoms with van der Waals surface area (Å²) in [7, 11) is 0. The van der Waals surface area contributed by atoms with E-state index in [1.165, 1.54) is 4.68 Å². The van der Waals surface area contributed by atoms with E-state index in [4.69, 9.17) is 0 Å². The van der Waals surface area contributed by atoms with Gasteiger partial charge in [-0.1, -0.05) is 15.9 Å². The lowest BCUT2D eigenvalue weighted by Gasteiger charge is -2.09. The van der Waals surface area contributed by atoms with Gasteiger partial charge in [0.2, 0.25) is 5.91 Å². The van der Waals surface area contributed by atoms with Gasteiger partial charge < -0.3 is 5.32 Å². The Hall–Kier alpha value is -1.76. The van der Waals surface area contributed by atoms with Crippen LogP contribution in [0.1, 0.15) is 11.4 Å². The molecule has 2 aromatic rings. The molecule has 0 spiro atoms. The Morgan fingerprint density at radius 3 is 2.40 bits per heavy atom. The fourth-order valence-electron chi connectivity index (χ4n) is 1.81. The number of carbonyl (C=O) groups is 1. The average molecular weight is 344 g/mol. The smallest absolute Gasteiger partial charge is 0.246 e. The molecule has 1 aromatic heterocycles. The maximum atomic E-state index is 13.6. The van der Waals surface area contributed by atoms with E-state index in [2.05, 4.69) is 26.3 Å². The van der Waals surface area contributed by atoms with E-state index >= 15 is 0 Å². The number of anilines is 1. The molecule has 1 aromatic carbocycles. The second-order valence-corrected chi connectivity index (χ2v) is 5.29. The molecule has 0 aliphatic rings. The Bertz CT molecular complexity index is 647. The van der Waals surface area contributed by atoms with Crippen molar-refractivity contribution in [1.29, 1.82) is 0 Å². The van der Waals surface area contributed by atoms with E-state index in [0.29, 0.717) is 0 Å². The number of carbonyl (C=O) groups excluding carboxylic acids is 1. The van der Waals surface area contributed by atoms with Crippen molar-refractivity contribution >= 4 is 27.5 Å². The van der Waals surface area contributed by atoms with Crippen LogP contribution in [-0.2, 0) is 11.3 Å². The van der Waals surface area contributed by atoms with Crippen molar-refractivity contribution in [3.8, 4) is 0 Å². The zero-order chi connectivity index (χ0) is 14.9. The number of nitrogens with zero attached hydrogens (tertiary/aromatic N) is 2. The van der Waals surface area contributed by atoms with Crippen molar-refractivity contribution < 1.29 is 13.6 Å². The SMILES string of the molecule is Cc1cc(C)n(CC(=O)Nc2c(F)cc(Br)cc2F)n1. The fraction of sp³-hybridized carbons (Fsp3) is 0.231. The molecule has 0 bridgehead atoms. The van der Waals surface area contributed by atoms with Crippen LogP contribution in [0, 0.1) is 25.5 Å². The van der Waals surface area contributed by atoms with Gasteiger partial charge >= 0.3 is 0 Å². The van der Waals surface area contributed by atoms with Crippen LogP contribution < -0.4 is 5.32 Å². The summed E-state index contributed by atoms with van der Waals surface area (Å²) >= 11 is 2.97. The largest absolute Gasteiger partial charge is 0.320 e. The molecule has 0 atom stereocenters. The van der Waals surface area contributed by atoms with E-state index in [0.717, 1.165) is 23.5 Å². The van der Waals surface area contributed by atoms with Crippen LogP contribution in [0.5, 0.6) is 0 Å². The number of aryl methyl sites for hydroxylation is 2. The fourth-order valence-corrected chi connectivity index (χ4v) is 2.21. The first-order valence-corrected chi connectivity index (χ1v) is 6.61. The number of halogens is 3. The molecule has 7 heteroatoms. The number of hydrogen-bond acceptors (Lipinski definition) is 2. The van der Waals surface area contributed by atoms with Crippen molar-refractivity contribution in [2.45, 2.75) is 20.4 Å². The zero-order valence-electron chi connectivity index (χ0n) is 10.9. The molecule has 1 heterocycles. The minimum atomic E-state index is -0.835. The van der Waals surface area contributed by atoms with Gasteiger partial charge in [-0.15, -0.1) is 0 Å². The minimum Gasteiger partial charge on any atom is -0.320 e. The van der Waals surface area contributed by atoms with E-state index in [9.17, 15) is 13.6 Å². The molecule has 0 unspecified atom stereocenters. The molecule has 106 valence electrons. The van der Waals surface area contributed by atoms with Crippen molar-refractivity contribution in [2.24, 2.45) is 0 Å². The number of amides is 1. The Kier molecular flexibility index (Phi) is 4.17. The summed E-state index contributed by atoms with van der Waals surface area (Å²) in [5.41, 5.74) is 1.12. The van der Waals surface area contributed by atoms with Crippen LogP contribution in [0.3, 0.4) is 0 Å². The number of nitrogens with one attached hydrogen (secondary N) is 1. The molecule has 20 heavy (non-hydrogen) atoms. The van der Waals surface area contributed by atoms with Gasteiger partial charge in [0.15, 0.2) is 11.6 Å². The normalized spacial score (nSPS) is 10.7. The van der Waals surface area contributed by atoms with Crippen LogP contribution in [0.15, 0.2) is 22.7 Å². The van der Waals surface area contributed by atoms with Crippen LogP contribution in [0.4, 0.5) is 14.5 Å². The molecule has 0 aliphatic heterocycles. The molecular formula is C13H12BrF2N3O. The van der Waals surface area contributed by atoms with Gasteiger partial charge in [-0.3, -0.25) is 9.48 Å². The van der Waals surface area contributed by atoms with Gasteiger partial charge in [-0.2, -0.15) is 5.10 Å². The lowest BCUT2D eigenvalue weighted by atomic mass is 10.3. The number of aromatic nitrogens is 2. The van der Waals surface area contributed by atoms with Gasteiger partial charge in [-0.25, -0.2) is 8.78 Å². The highest BCUT2D eigenvalue weighted by Gasteiger charge is 2.14. The number of rotatable bonds is 3. The maximum Gasteiger partial charge on any atom is 0.246 e. The third-order valence-electron chi connectivity index (χ3n) is 2.67. The third kappa shape index (κ3) is 3.22. The molecule has 0 aliphatic carbocycles. The standard InChI is InChI=1S/C13H12BrF2N3O/c1-7-3-8(2)19(18-7)6-12(20)17-13-10(15)4-9(14)5-11(13)16/h3-5H,6H2,1-2H3,(H,17,20). The number of benzene rings is 1. The van der Waals surface area contributed by atoms with Crippen molar-refractivity contribution in [3.63, 3.8) is 0 Å². The van der Waals surface area contributed by atoms with Crippen LogP contribution in [0.2, 0.25) is 0 Å². The Labute approximate surface area is 122 Å². The monoisotopic (exact) mass is 343 g/mol. The summed E-state index contributed by atoms with van der Waals surface area (Å²) in [6.07, 6.45) is 0. The first kappa shape index (κ1) is 14.6. The molecule has 0 radical (unpaired) electrons. The van der Waals surface area contributed by atoms with E-state index < -0.39 is 23.2 Å². The summed E-state index contributed by atoms with van der Waals surface area (Å²) in [6, 6.07) is 3.98. The zero-order valence-corrected chi connectivity index (χ0v) is 12.5. The Morgan fingerprint density at radius 2 is 1.90 bits per heavy atom. The molecule has 0 saturated heterocycles. The van der Waals surface area contributed by atoms with Gasteiger partial charge in [0.1, 0.15) is 12.2 Å². The van der Waals surface area contributed by atoms with Gasteiger partial charge in [-0.05, 0) is 32.0 Å². The minimum absolute atomic E-state index is 0.103. The van der Waals surface area contributed by atoms with Crippen molar-refractivity contribution in [2.75, 3.05) is 5.32 Å². The van der Waals surface area contributed by atoms with Crippen LogP contribution in [0.25, 0.3) is 0 Å². The molecule has 4 nitrogen and oxygen atoms in total. The summed E-state index contributed by atoms with van der Waals surface area (Å²) in [5.74, 6) is -2.21. The van der Waals surface area contributed by atoms with E-state index in [1.54, 1.807) is 13.8 Å². The molecule has 1 N–H and O–H groups in total. The third-order valence-corrected chi connectivity index (χ3v) is 3.13. The Morgan fingerprint density at radius 1 is 1.30 bits per heavy atom. The molecule has 2 rings (SSSR count). The molecule has 0 fully saturated rings. The second-order valence-electron chi connectivity index (χ2n) is 4.38. The first-order valence-electron chi connectivity index (χ1n) is 5.82. The number of hydrogen-bond donors (Lipinski definition) is 1. The maximum absolute atomic E-state index is 13.6. The summed E-state index contributed by atoms with van der Waals surface area (Å²) in [6.45, 7) is 3.50. The topological polar surface area (TPSA) is 46.9 Å². The lowest BCUT2D eigenvalue weighted by molar-refractivity contribution is -0.117. The van der Waals surface area contributed by atoms with Gasteiger partial charge in [0.05, 0.1) is 5.69 Å². The summed E-state index contributed by atoms with van der Waals surface area (Å²) in [4.78, 5) is 11.8. The highest BCUT2D eigenvalue weighted by atomic mass is 79.9. The summed E-state index contributed by atoms with van der Waals surface area (Å²) in [5, 5.41) is 6.33. The highest BCUT2D eigenvalue weighted by molar-refractivity contribution is 9.10. The van der Waals surface area contributed by atoms with Gasteiger partial charge in [0.25, 0.3) is 0 Å². The van der Waals surface area contributed by atoms with E-state index in [1.807, 2.05) is 6.07 Å². The highest BCUT2D eigenvalue weighted by Crippen LogP contribution is 2.23. The molecule has 0 saturated carbocycles. The van der Waals surface area contributed by atoms with Crippen LogP contribution in [-0.4, -0.2) is 15.7 Å². The molecular weight excluding hydrogens is 332 g/mol. The Balaban J connectivity index is 2.15. The second kappa shape index (κ2) is 5.70. The summed E-state index contributed by atoms with van der Waals surface area (Å²) < 4.78 is 28.9. The first-order chi connectivity index (χ1) is 9.36. The van der Waals surface area contributed by atoms with Crippen molar-refractivity contribution in [1.82, 2.24) is 9.78 Å². The van der Waals surface area contributed by atoms with E-state index in [-0.39, 0.29) is 11.0 Å². The average Bonchev–Trinajstić information content (AvgIpc) is 2.62. The van der Waals surface area contributed by atoms with Crippen LogP contribution >= 0.6 is 15.9 Å². The predicted octanol–water partition coefficient (Wildman–Crippen LogP) is 3.18. The van der Waals surface area contributed by atoms with Crippen molar-refractivity contribution in [3.05, 3.63) is 45.7 Å².